The van der Waals surface area contributed by atoms with Crippen LogP contribution in [-0.4, -0.2) is 35.5 Å². The number of aliphatic carboxylic acids is 1. The Labute approximate surface area is 155 Å². The molecule has 1 N–H and O–H groups in total. The summed E-state index contributed by atoms with van der Waals surface area (Å²) in [7, 11) is 1.56. The van der Waals surface area contributed by atoms with E-state index in [9.17, 15) is 9.59 Å². The summed E-state index contributed by atoms with van der Waals surface area (Å²) >= 11 is 0. The quantitative estimate of drug-likeness (QED) is 0.317. The Morgan fingerprint density at radius 1 is 0.680 bits per heavy atom. The first-order chi connectivity index (χ1) is 12.1. The molecule has 0 aliphatic rings. The highest BCUT2D eigenvalue weighted by molar-refractivity contribution is 5.80. The predicted molar refractivity (Wildman–Crippen MR) is 105 cm³/mol. The molecule has 0 bridgehead atoms. The molecule has 0 unspecified atom stereocenters. The van der Waals surface area contributed by atoms with E-state index in [0.717, 1.165) is 12.8 Å². The maximum absolute atomic E-state index is 11.7. The Bertz CT molecular complexity index is 331. The second kappa shape index (κ2) is 17.8. The van der Waals surface area contributed by atoms with Crippen LogP contribution in [-0.2, 0) is 9.59 Å². The minimum Gasteiger partial charge on any atom is -0.480 e. The fourth-order valence-corrected chi connectivity index (χ4v) is 3.13. The summed E-state index contributed by atoms with van der Waals surface area (Å²) in [5.41, 5.74) is 0. The third kappa shape index (κ3) is 17.6. The molecule has 0 rings (SSSR count). The molecule has 0 saturated heterocycles. The lowest BCUT2D eigenvalue weighted by Crippen LogP contribution is -2.31. The molecule has 25 heavy (non-hydrogen) atoms. The third-order valence-corrected chi connectivity index (χ3v) is 4.79. The van der Waals surface area contributed by atoms with Gasteiger partial charge in [-0.3, -0.25) is 9.59 Å². The lowest BCUT2D eigenvalue weighted by Gasteiger charge is -2.14. The summed E-state index contributed by atoms with van der Waals surface area (Å²) in [6, 6.07) is 0. The Hall–Kier alpha value is -1.06. The zero-order chi connectivity index (χ0) is 18.8. The van der Waals surface area contributed by atoms with Gasteiger partial charge in [-0.2, -0.15) is 0 Å². The first-order valence-corrected chi connectivity index (χ1v) is 10.5. The van der Waals surface area contributed by atoms with Crippen molar-refractivity contribution >= 4 is 11.9 Å². The lowest BCUT2D eigenvalue weighted by molar-refractivity contribution is -0.143. The van der Waals surface area contributed by atoms with Gasteiger partial charge >= 0.3 is 5.97 Å². The van der Waals surface area contributed by atoms with Gasteiger partial charge in [0.25, 0.3) is 0 Å². The van der Waals surface area contributed by atoms with Crippen LogP contribution in [0.1, 0.15) is 110 Å². The van der Waals surface area contributed by atoms with E-state index in [-0.39, 0.29) is 12.5 Å². The van der Waals surface area contributed by atoms with Crippen molar-refractivity contribution in [2.24, 2.45) is 0 Å². The van der Waals surface area contributed by atoms with E-state index in [2.05, 4.69) is 6.92 Å². The molecule has 0 aliphatic carbocycles. The van der Waals surface area contributed by atoms with Gasteiger partial charge in [-0.25, -0.2) is 0 Å². The van der Waals surface area contributed by atoms with E-state index in [4.69, 9.17) is 5.11 Å². The Balaban J connectivity index is 3.21. The number of hydrogen-bond acceptors (Lipinski definition) is 2. The van der Waals surface area contributed by atoms with Crippen molar-refractivity contribution in [2.45, 2.75) is 110 Å². The number of carbonyl (C=O) groups excluding carboxylic acids is 1. The molecule has 0 aromatic heterocycles. The van der Waals surface area contributed by atoms with Crippen LogP contribution in [0.25, 0.3) is 0 Å². The van der Waals surface area contributed by atoms with Gasteiger partial charge < -0.3 is 10.0 Å². The van der Waals surface area contributed by atoms with Crippen molar-refractivity contribution in [3.05, 3.63) is 0 Å². The topological polar surface area (TPSA) is 57.6 Å². The van der Waals surface area contributed by atoms with Gasteiger partial charge in [0.2, 0.25) is 5.91 Å². The molecule has 0 saturated carbocycles. The zero-order valence-electron chi connectivity index (χ0n) is 16.7. The van der Waals surface area contributed by atoms with E-state index < -0.39 is 5.97 Å². The van der Waals surface area contributed by atoms with Crippen molar-refractivity contribution in [3.8, 4) is 0 Å². The number of unbranched alkanes of at least 4 members (excludes halogenated alkanes) is 14. The standard InChI is InChI=1S/C21H41NO3/c1-3-4-5-6-7-8-9-10-11-12-13-14-15-16-17-18-20(23)22(2)19-21(24)25/h3-19H2,1-2H3,(H,24,25). The summed E-state index contributed by atoms with van der Waals surface area (Å²) in [4.78, 5) is 23.5. The van der Waals surface area contributed by atoms with Crippen LogP contribution in [0.2, 0.25) is 0 Å². The van der Waals surface area contributed by atoms with E-state index in [0.29, 0.717) is 6.42 Å². The monoisotopic (exact) mass is 355 g/mol. The summed E-state index contributed by atoms with van der Waals surface area (Å²) in [6.07, 6.45) is 20.1. The first kappa shape index (κ1) is 23.9. The molecule has 0 atom stereocenters. The summed E-state index contributed by atoms with van der Waals surface area (Å²) in [5, 5.41) is 8.64. The maximum Gasteiger partial charge on any atom is 0.323 e. The molecular formula is C21H41NO3. The number of likely N-dealkylation sites (N-methyl/N-ethyl adjacent to an activating group) is 1. The maximum atomic E-state index is 11.7. The van der Waals surface area contributed by atoms with Gasteiger partial charge in [0.05, 0.1) is 0 Å². The SMILES string of the molecule is CCCCCCCCCCCCCCCCCC(=O)N(C)CC(=O)O. The Morgan fingerprint density at radius 2 is 1.04 bits per heavy atom. The molecule has 0 aromatic carbocycles. The van der Waals surface area contributed by atoms with Gasteiger partial charge in [-0.15, -0.1) is 0 Å². The van der Waals surface area contributed by atoms with Crippen LogP contribution >= 0.6 is 0 Å². The molecular weight excluding hydrogens is 314 g/mol. The molecule has 0 spiro atoms. The number of amides is 1. The minimum absolute atomic E-state index is 0.0582. The molecule has 4 nitrogen and oxygen atoms in total. The molecule has 4 heteroatoms. The van der Waals surface area contributed by atoms with E-state index in [1.165, 1.54) is 88.4 Å². The fourth-order valence-electron chi connectivity index (χ4n) is 3.13. The van der Waals surface area contributed by atoms with Crippen molar-refractivity contribution in [1.82, 2.24) is 4.90 Å². The minimum atomic E-state index is -0.952. The molecule has 0 fully saturated rings. The first-order valence-electron chi connectivity index (χ1n) is 10.5. The van der Waals surface area contributed by atoms with Gasteiger partial charge in [-0.05, 0) is 6.42 Å². The van der Waals surface area contributed by atoms with Gasteiger partial charge in [-0.1, -0.05) is 96.8 Å². The Morgan fingerprint density at radius 3 is 1.40 bits per heavy atom. The van der Waals surface area contributed by atoms with Gasteiger partial charge in [0, 0.05) is 13.5 Å². The van der Waals surface area contributed by atoms with Crippen molar-refractivity contribution in [1.29, 1.82) is 0 Å². The van der Waals surface area contributed by atoms with Crippen LogP contribution in [0.3, 0.4) is 0 Å². The number of rotatable bonds is 18. The summed E-state index contributed by atoms with van der Waals surface area (Å²) in [5.74, 6) is -1.01. The van der Waals surface area contributed by atoms with E-state index in [1.54, 1.807) is 7.05 Å². The lowest BCUT2D eigenvalue weighted by atomic mass is 10.0. The number of nitrogens with zero attached hydrogens (tertiary/aromatic N) is 1. The normalized spacial score (nSPS) is 10.8. The number of carboxylic acids is 1. The summed E-state index contributed by atoms with van der Waals surface area (Å²) in [6.45, 7) is 2.07. The van der Waals surface area contributed by atoms with E-state index >= 15 is 0 Å². The molecule has 0 heterocycles. The fraction of sp³-hybridized carbons (Fsp3) is 0.905. The van der Waals surface area contributed by atoms with Gasteiger partial charge in [0.1, 0.15) is 6.54 Å². The molecule has 0 aliphatic heterocycles. The predicted octanol–water partition coefficient (Wildman–Crippen LogP) is 5.79. The molecule has 148 valence electrons. The summed E-state index contributed by atoms with van der Waals surface area (Å²) < 4.78 is 0. The van der Waals surface area contributed by atoms with Crippen LogP contribution < -0.4 is 0 Å². The third-order valence-electron chi connectivity index (χ3n) is 4.79. The smallest absolute Gasteiger partial charge is 0.323 e. The average molecular weight is 356 g/mol. The van der Waals surface area contributed by atoms with Crippen LogP contribution in [0.5, 0.6) is 0 Å². The largest absolute Gasteiger partial charge is 0.480 e. The van der Waals surface area contributed by atoms with E-state index in [1.807, 2.05) is 0 Å². The highest BCUT2D eigenvalue weighted by Crippen LogP contribution is 2.13. The van der Waals surface area contributed by atoms with Crippen molar-refractivity contribution in [3.63, 3.8) is 0 Å². The molecule has 0 aromatic rings. The van der Waals surface area contributed by atoms with Crippen molar-refractivity contribution in [2.75, 3.05) is 13.6 Å². The number of carbonyl (C=O) groups is 2. The molecule has 1 amide bonds. The highest BCUT2D eigenvalue weighted by atomic mass is 16.4. The van der Waals surface area contributed by atoms with Gasteiger partial charge in [0.15, 0.2) is 0 Å². The Kier molecular flexibility index (Phi) is 17.0. The second-order valence-corrected chi connectivity index (χ2v) is 7.34. The highest BCUT2D eigenvalue weighted by Gasteiger charge is 2.10. The zero-order valence-corrected chi connectivity index (χ0v) is 16.7. The number of carboxylic acid groups (broad SMARTS) is 1. The van der Waals surface area contributed by atoms with Crippen LogP contribution in [0.15, 0.2) is 0 Å². The van der Waals surface area contributed by atoms with Crippen molar-refractivity contribution < 1.29 is 14.7 Å². The average Bonchev–Trinajstić information content (AvgIpc) is 2.57. The van der Waals surface area contributed by atoms with Crippen LogP contribution in [0.4, 0.5) is 0 Å². The van der Waals surface area contributed by atoms with Crippen LogP contribution in [0, 0.1) is 0 Å². The molecule has 0 radical (unpaired) electrons. The second-order valence-electron chi connectivity index (χ2n) is 7.34. The number of hydrogen-bond donors (Lipinski definition) is 1.